The molecule has 4 heteroatoms. The van der Waals surface area contributed by atoms with Crippen LogP contribution in [-0.2, 0) is 0 Å². The van der Waals surface area contributed by atoms with Gasteiger partial charge in [0.05, 0.1) is 6.61 Å². The number of aliphatic hydroxyl groups is 1. The lowest BCUT2D eigenvalue weighted by Crippen LogP contribution is -2.58. The van der Waals surface area contributed by atoms with Gasteiger partial charge in [0.25, 0.3) is 0 Å². The van der Waals surface area contributed by atoms with Crippen molar-refractivity contribution in [3.63, 3.8) is 0 Å². The zero-order valence-corrected chi connectivity index (χ0v) is 12.0. The standard InChI is InChI=1S/C13H29N3O/c1-10(2)14-13(9-17)8-16-6-11(3)15(5)12(4)7-16/h10-14,17H,6-9H2,1-5H3. The Balaban J connectivity index is 2.45. The van der Waals surface area contributed by atoms with Crippen molar-refractivity contribution >= 4 is 0 Å². The molecule has 1 aliphatic rings. The second-order valence-electron chi connectivity index (χ2n) is 5.78. The van der Waals surface area contributed by atoms with Crippen molar-refractivity contribution in [2.24, 2.45) is 0 Å². The molecule has 0 amide bonds. The summed E-state index contributed by atoms with van der Waals surface area (Å²) < 4.78 is 0. The zero-order valence-electron chi connectivity index (χ0n) is 12.0. The van der Waals surface area contributed by atoms with Crippen molar-refractivity contribution in [1.29, 1.82) is 0 Å². The molecule has 4 nitrogen and oxygen atoms in total. The van der Waals surface area contributed by atoms with Crippen molar-refractivity contribution in [2.45, 2.75) is 51.9 Å². The van der Waals surface area contributed by atoms with Crippen LogP contribution in [0.15, 0.2) is 0 Å². The highest BCUT2D eigenvalue weighted by atomic mass is 16.3. The Bertz CT molecular complexity index is 211. The molecule has 0 spiro atoms. The summed E-state index contributed by atoms with van der Waals surface area (Å²) >= 11 is 0. The highest BCUT2D eigenvalue weighted by Gasteiger charge is 2.27. The molecular formula is C13H29N3O. The Hall–Kier alpha value is -0.160. The summed E-state index contributed by atoms with van der Waals surface area (Å²) in [5, 5.41) is 12.8. The van der Waals surface area contributed by atoms with E-state index in [2.05, 4.69) is 49.9 Å². The normalized spacial score (nSPS) is 29.8. The minimum atomic E-state index is 0.192. The third-order valence-corrected chi connectivity index (χ3v) is 3.70. The molecule has 0 aromatic heterocycles. The summed E-state index contributed by atoms with van der Waals surface area (Å²) in [5.74, 6) is 0. The molecule has 0 aromatic carbocycles. The first-order chi connectivity index (χ1) is 7.93. The largest absolute Gasteiger partial charge is 0.395 e. The van der Waals surface area contributed by atoms with Gasteiger partial charge in [-0.1, -0.05) is 13.8 Å². The van der Waals surface area contributed by atoms with Gasteiger partial charge >= 0.3 is 0 Å². The Morgan fingerprint density at radius 1 is 1.24 bits per heavy atom. The van der Waals surface area contributed by atoms with Gasteiger partial charge in [-0.3, -0.25) is 9.80 Å². The number of likely N-dealkylation sites (N-methyl/N-ethyl adjacent to an activating group) is 1. The van der Waals surface area contributed by atoms with E-state index < -0.39 is 0 Å². The first-order valence-electron chi connectivity index (χ1n) is 6.75. The summed E-state index contributed by atoms with van der Waals surface area (Å²) in [6.07, 6.45) is 0. The fourth-order valence-electron chi connectivity index (χ4n) is 2.61. The van der Waals surface area contributed by atoms with Gasteiger partial charge in [-0.2, -0.15) is 0 Å². The Labute approximate surface area is 106 Å². The predicted molar refractivity (Wildman–Crippen MR) is 72.3 cm³/mol. The number of rotatable bonds is 5. The van der Waals surface area contributed by atoms with Gasteiger partial charge in [-0.05, 0) is 20.9 Å². The van der Waals surface area contributed by atoms with Crippen LogP contribution in [0.3, 0.4) is 0 Å². The van der Waals surface area contributed by atoms with Crippen LogP contribution in [0.25, 0.3) is 0 Å². The zero-order chi connectivity index (χ0) is 13.0. The van der Waals surface area contributed by atoms with E-state index in [-0.39, 0.29) is 12.6 Å². The average molecular weight is 243 g/mol. The van der Waals surface area contributed by atoms with E-state index in [1.807, 2.05) is 0 Å². The van der Waals surface area contributed by atoms with E-state index in [9.17, 15) is 5.11 Å². The maximum absolute atomic E-state index is 9.39. The minimum absolute atomic E-state index is 0.192. The SMILES string of the molecule is CC(C)NC(CO)CN1CC(C)N(C)C(C)C1. The van der Waals surface area contributed by atoms with E-state index in [0.29, 0.717) is 18.1 Å². The highest BCUT2D eigenvalue weighted by molar-refractivity contribution is 4.85. The first-order valence-corrected chi connectivity index (χ1v) is 6.75. The number of nitrogens with one attached hydrogen (secondary N) is 1. The van der Waals surface area contributed by atoms with Crippen LogP contribution in [0.4, 0.5) is 0 Å². The van der Waals surface area contributed by atoms with E-state index in [0.717, 1.165) is 19.6 Å². The number of nitrogens with zero attached hydrogens (tertiary/aromatic N) is 2. The predicted octanol–water partition coefficient (Wildman–Crippen LogP) is 0.370. The van der Waals surface area contributed by atoms with Gasteiger partial charge in [0.15, 0.2) is 0 Å². The fourth-order valence-corrected chi connectivity index (χ4v) is 2.61. The van der Waals surface area contributed by atoms with Crippen LogP contribution in [0, 0.1) is 0 Å². The van der Waals surface area contributed by atoms with Crippen LogP contribution in [0.2, 0.25) is 0 Å². The maximum Gasteiger partial charge on any atom is 0.0597 e. The Morgan fingerprint density at radius 2 is 1.76 bits per heavy atom. The van der Waals surface area contributed by atoms with E-state index in [1.54, 1.807) is 0 Å². The molecule has 3 atom stereocenters. The van der Waals surface area contributed by atoms with E-state index >= 15 is 0 Å². The number of hydrogen-bond donors (Lipinski definition) is 2. The Morgan fingerprint density at radius 3 is 2.18 bits per heavy atom. The molecule has 0 aliphatic carbocycles. The average Bonchev–Trinajstić information content (AvgIpc) is 2.24. The van der Waals surface area contributed by atoms with Crippen molar-refractivity contribution < 1.29 is 5.11 Å². The topological polar surface area (TPSA) is 38.7 Å². The molecule has 1 heterocycles. The van der Waals surface area contributed by atoms with E-state index in [1.165, 1.54) is 0 Å². The summed E-state index contributed by atoms with van der Waals surface area (Å²) in [5.41, 5.74) is 0. The van der Waals surface area contributed by atoms with Gasteiger partial charge in [-0.15, -0.1) is 0 Å². The summed E-state index contributed by atoms with van der Waals surface area (Å²) in [6.45, 7) is 12.1. The molecule has 1 aliphatic heterocycles. The molecule has 0 aromatic rings. The smallest absolute Gasteiger partial charge is 0.0597 e. The quantitative estimate of drug-likeness (QED) is 0.732. The molecule has 0 bridgehead atoms. The molecule has 1 fully saturated rings. The van der Waals surface area contributed by atoms with Gasteiger partial charge in [0, 0.05) is 43.8 Å². The van der Waals surface area contributed by atoms with Crippen LogP contribution < -0.4 is 5.32 Å². The van der Waals surface area contributed by atoms with Gasteiger partial charge in [-0.25, -0.2) is 0 Å². The number of aliphatic hydroxyl groups excluding tert-OH is 1. The van der Waals surface area contributed by atoms with Gasteiger partial charge in [0.2, 0.25) is 0 Å². The molecule has 17 heavy (non-hydrogen) atoms. The summed E-state index contributed by atoms with van der Waals surface area (Å²) in [6, 6.07) is 1.81. The molecule has 3 unspecified atom stereocenters. The molecule has 1 saturated heterocycles. The molecule has 2 N–H and O–H groups in total. The van der Waals surface area contributed by atoms with Crippen LogP contribution in [-0.4, -0.2) is 72.4 Å². The van der Waals surface area contributed by atoms with E-state index in [4.69, 9.17) is 0 Å². The first kappa shape index (κ1) is 14.9. The maximum atomic E-state index is 9.39. The summed E-state index contributed by atoms with van der Waals surface area (Å²) in [4.78, 5) is 4.89. The highest BCUT2D eigenvalue weighted by Crippen LogP contribution is 2.13. The van der Waals surface area contributed by atoms with Crippen molar-refractivity contribution in [3.8, 4) is 0 Å². The minimum Gasteiger partial charge on any atom is -0.395 e. The molecule has 102 valence electrons. The molecule has 0 saturated carbocycles. The molecular weight excluding hydrogens is 214 g/mol. The van der Waals surface area contributed by atoms with Crippen molar-refractivity contribution in [2.75, 3.05) is 33.3 Å². The second kappa shape index (κ2) is 6.69. The lowest BCUT2D eigenvalue weighted by atomic mass is 10.1. The lowest BCUT2D eigenvalue weighted by molar-refractivity contribution is 0.0481. The third-order valence-electron chi connectivity index (χ3n) is 3.70. The second-order valence-corrected chi connectivity index (χ2v) is 5.78. The van der Waals surface area contributed by atoms with Crippen LogP contribution in [0.1, 0.15) is 27.7 Å². The molecule has 0 radical (unpaired) electrons. The summed E-state index contributed by atoms with van der Waals surface area (Å²) in [7, 11) is 2.20. The molecule has 1 rings (SSSR count). The number of piperazine rings is 1. The Kier molecular flexibility index (Phi) is 5.86. The van der Waals surface area contributed by atoms with Crippen LogP contribution in [0.5, 0.6) is 0 Å². The van der Waals surface area contributed by atoms with Crippen LogP contribution >= 0.6 is 0 Å². The lowest BCUT2D eigenvalue weighted by Gasteiger charge is -2.43. The van der Waals surface area contributed by atoms with Gasteiger partial charge < -0.3 is 10.4 Å². The fraction of sp³-hybridized carbons (Fsp3) is 1.00. The number of hydrogen-bond acceptors (Lipinski definition) is 4. The van der Waals surface area contributed by atoms with Crippen molar-refractivity contribution in [3.05, 3.63) is 0 Å². The van der Waals surface area contributed by atoms with Gasteiger partial charge in [0.1, 0.15) is 0 Å². The monoisotopic (exact) mass is 243 g/mol. The van der Waals surface area contributed by atoms with Crippen molar-refractivity contribution in [1.82, 2.24) is 15.1 Å². The third kappa shape index (κ3) is 4.54.